The molecule has 2 heterocycles. The van der Waals surface area contributed by atoms with Crippen molar-refractivity contribution in [2.75, 3.05) is 4.90 Å². The lowest BCUT2D eigenvalue weighted by atomic mass is 9.73. The molecule has 6 rings (SSSR count). The number of nitrogens with zero attached hydrogens (tertiary/aromatic N) is 1. The van der Waals surface area contributed by atoms with Gasteiger partial charge in [0, 0.05) is 17.5 Å². The van der Waals surface area contributed by atoms with Gasteiger partial charge < -0.3 is 9.84 Å². The van der Waals surface area contributed by atoms with Crippen LogP contribution in [0.4, 0.5) is 5.69 Å². The zero-order chi connectivity index (χ0) is 16.9. The Hall–Kier alpha value is -1.39. The quantitative estimate of drug-likeness (QED) is 0.901. The zero-order valence-electron chi connectivity index (χ0n) is 14.6. The third-order valence-corrected chi connectivity index (χ3v) is 7.91. The molecule has 2 bridgehead atoms. The van der Waals surface area contributed by atoms with Crippen LogP contribution in [0.5, 0.6) is 0 Å². The van der Waals surface area contributed by atoms with Gasteiger partial charge >= 0.3 is 0 Å². The summed E-state index contributed by atoms with van der Waals surface area (Å²) in [6.45, 7) is 2.08. The van der Waals surface area contributed by atoms with E-state index in [0.717, 1.165) is 24.9 Å². The van der Waals surface area contributed by atoms with Crippen LogP contribution in [-0.4, -0.2) is 28.9 Å². The number of fused-ring (bicyclic) bond motifs is 2. The number of anilines is 1. The summed E-state index contributed by atoms with van der Waals surface area (Å²) >= 11 is 0. The van der Waals surface area contributed by atoms with Gasteiger partial charge in [-0.2, -0.15) is 0 Å². The summed E-state index contributed by atoms with van der Waals surface area (Å²) in [6, 6.07) is 8.29. The van der Waals surface area contributed by atoms with Crippen LogP contribution in [0.15, 0.2) is 24.3 Å². The van der Waals surface area contributed by atoms with E-state index in [-0.39, 0.29) is 29.8 Å². The number of amides is 1. The highest BCUT2D eigenvalue weighted by Crippen LogP contribution is 2.70. The molecular formula is C21H25NO3. The van der Waals surface area contributed by atoms with E-state index in [2.05, 4.69) is 25.1 Å². The molecule has 4 nitrogen and oxygen atoms in total. The number of hydrogen-bond acceptors (Lipinski definition) is 3. The van der Waals surface area contributed by atoms with Gasteiger partial charge in [0.1, 0.15) is 0 Å². The highest BCUT2D eigenvalue weighted by atomic mass is 16.6. The van der Waals surface area contributed by atoms with Crippen LogP contribution >= 0.6 is 0 Å². The largest absolute Gasteiger partial charge is 0.390 e. The smallest absolute Gasteiger partial charge is 0.233 e. The fraction of sp³-hybridized carbons (Fsp3) is 0.667. The molecule has 0 spiro atoms. The maximum Gasteiger partial charge on any atom is 0.233 e. The van der Waals surface area contributed by atoms with Gasteiger partial charge in [-0.1, -0.05) is 25.0 Å². The van der Waals surface area contributed by atoms with Crippen LogP contribution in [-0.2, 0) is 9.53 Å². The second kappa shape index (κ2) is 4.66. The minimum absolute atomic E-state index is 0.0418. The number of benzene rings is 1. The molecule has 1 amide bonds. The normalized spacial score (nSPS) is 47.4. The summed E-state index contributed by atoms with van der Waals surface area (Å²) in [6.07, 6.45) is 5.20. The van der Waals surface area contributed by atoms with Crippen molar-refractivity contribution in [3.63, 3.8) is 0 Å². The molecule has 1 aromatic carbocycles. The maximum atomic E-state index is 13.6. The number of ether oxygens (including phenoxy) is 1. The molecule has 132 valence electrons. The van der Waals surface area contributed by atoms with Crippen molar-refractivity contribution >= 4 is 11.6 Å². The van der Waals surface area contributed by atoms with Gasteiger partial charge in [0.05, 0.1) is 18.1 Å². The summed E-state index contributed by atoms with van der Waals surface area (Å²) in [5.74, 6) is 1.31. The molecule has 4 heteroatoms. The third-order valence-electron chi connectivity index (χ3n) is 7.91. The monoisotopic (exact) mass is 339 g/mol. The van der Waals surface area contributed by atoms with E-state index in [1.165, 1.54) is 18.4 Å². The van der Waals surface area contributed by atoms with E-state index in [0.29, 0.717) is 11.8 Å². The van der Waals surface area contributed by atoms with Crippen LogP contribution in [0.3, 0.4) is 0 Å². The van der Waals surface area contributed by atoms with Crippen molar-refractivity contribution in [2.45, 2.75) is 57.0 Å². The average molecular weight is 339 g/mol. The predicted molar refractivity (Wildman–Crippen MR) is 92.8 cm³/mol. The van der Waals surface area contributed by atoms with E-state index in [9.17, 15) is 9.90 Å². The Balaban J connectivity index is 1.55. The molecule has 25 heavy (non-hydrogen) atoms. The topological polar surface area (TPSA) is 49.8 Å². The Morgan fingerprint density at radius 2 is 2.04 bits per heavy atom. The third kappa shape index (κ3) is 1.55. The van der Waals surface area contributed by atoms with Crippen molar-refractivity contribution in [3.05, 3.63) is 29.8 Å². The molecule has 3 aliphatic carbocycles. The number of carbonyl (C=O) groups excluding carboxylic acids is 1. The van der Waals surface area contributed by atoms with Gasteiger partial charge in [0.2, 0.25) is 5.91 Å². The van der Waals surface area contributed by atoms with Crippen LogP contribution < -0.4 is 4.90 Å². The molecule has 5 aliphatic rings. The lowest BCUT2D eigenvalue weighted by Crippen LogP contribution is -2.55. The molecule has 1 aromatic rings. The van der Waals surface area contributed by atoms with Crippen molar-refractivity contribution < 1.29 is 14.6 Å². The molecule has 7 atom stereocenters. The Labute approximate surface area is 148 Å². The first-order valence-corrected chi connectivity index (χ1v) is 9.89. The van der Waals surface area contributed by atoms with Crippen LogP contribution in [0.25, 0.3) is 0 Å². The lowest BCUT2D eigenvalue weighted by Gasteiger charge is -2.43. The number of aryl methyl sites for hydroxylation is 1. The number of hydrogen-bond donors (Lipinski definition) is 1. The highest BCUT2D eigenvalue weighted by molar-refractivity contribution is 6.00. The van der Waals surface area contributed by atoms with Gasteiger partial charge in [-0.15, -0.1) is 0 Å². The van der Waals surface area contributed by atoms with E-state index in [4.69, 9.17) is 4.74 Å². The van der Waals surface area contributed by atoms with Gasteiger partial charge in [0.25, 0.3) is 0 Å². The van der Waals surface area contributed by atoms with E-state index >= 15 is 0 Å². The molecule has 7 unspecified atom stereocenters. The Morgan fingerprint density at radius 1 is 1.24 bits per heavy atom. The summed E-state index contributed by atoms with van der Waals surface area (Å²) in [5.41, 5.74) is 1.65. The summed E-state index contributed by atoms with van der Waals surface area (Å²) in [5, 5.41) is 10.7. The number of aliphatic hydroxyl groups excluding tert-OH is 1. The standard InChI is InChI=1S/C21H25NO3/c1-11-5-4-8-13(9-11)22-20(24)16-14-10-15-17(16)21(22,12-6-2-3-7-12)25-19(15)18(14)23/h4-5,8-9,12,14-19,23H,2-3,6-7,10H2,1H3. The van der Waals surface area contributed by atoms with Crippen LogP contribution in [0.1, 0.15) is 37.7 Å². The summed E-state index contributed by atoms with van der Waals surface area (Å²) in [4.78, 5) is 15.6. The van der Waals surface area contributed by atoms with Gasteiger partial charge in [-0.05, 0) is 55.7 Å². The first kappa shape index (κ1) is 14.7. The van der Waals surface area contributed by atoms with Gasteiger partial charge in [-0.25, -0.2) is 0 Å². The SMILES string of the molecule is Cc1cccc(N2C(=O)C3C4CC5C(OC2(C2CCCC2)C53)C4O)c1. The molecule has 0 aromatic heterocycles. The predicted octanol–water partition coefficient (Wildman–Crippen LogP) is 2.87. The molecule has 3 saturated carbocycles. The number of rotatable bonds is 2. The van der Waals surface area contributed by atoms with Crippen molar-refractivity contribution in [1.82, 2.24) is 0 Å². The molecule has 2 aliphatic heterocycles. The van der Waals surface area contributed by atoms with E-state index in [1.54, 1.807) is 0 Å². The lowest BCUT2D eigenvalue weighted by molar-refractivity contribution is -0.138. The van der Waals surface area contributed by atoms with E-state index < -0.39 is 11.8 Å². The minimum atomic E-state index is -0.506. The summed E-state index contributed by atoms with van der Waals surface area (Å²) < 4.78 is 6.75. The minimum Gasteiger partial charge on any atom is -0.390 e. The fourth-order valence-corrected chi connectivity index (χ4v) is 7.19. The molecule has 5 fully saturated rings. The summed E-state index contributed by atoms with van der Waals surface area (Å²) in [7, 11) is 0. The fourth-order valence-electron chi connectivity index (χ4n) is 7.19. The van der Waals surface area contributed by atoms with Crippen molar-refractivity contribution in [3.8, 4) is 0 Å². The van der Waals surface area contributed by atoms with E-state index in [1.807, 2.05) is 11.0 Å². The van der Waals surface area contributed by atoms with Crippen molar-refractivity contribution in [1.29, 1.82) is 0 Å². The zero-order valence-corrected chi connectivity index (χ0v) is 14.6. The molecule has 1 N–H and O–H groups in total. The molecule has 2 saturated heterocycles. The molecule has 0 radical (unpaired) electrons. The van der Waals surface area contributed by atoms with Crippen molar-refractivity contribution in [2.24, 2.45) is 29.6 Å². The van der Waals surface area contributed by atoms with Crippen LogP contribution in [0.2, 0.25) is 0 Å². The second-order valence-corrected chi connectivity index (χ2v) is 8.93. The average Bonchev–Trinajstić information content (AvgIpc) is 3.34. The Morgan fingerprint density at radius 3 is 2.80 bits per heavy atom. The Bertz CT molecular complexity index is 757. The first-order chi connectivity index (χ1) is 12.1. The highest BCUT2D eigenvalue weighted by Gasteiger charge is 2.79. The van der Waals surface area contributed by atoms with Gasteiger partial charge in [0.15, 0.2) is 5.72 Å². The maximum absolute atomic E-state index is 13.6. The number of carbonyl (C=O) groups is 1. The number of aliphatic hydroxyl groups is 1. The first-order valence-electron chi connectivity index (χ1n) is 9.89. The molecular weight excluding hydrogens is 314 g/mol. The Kier molecular flexibility index (Phi) is 2.75. The second-order valence-electron chi connectivity index (χ2n) is 8.93. The van der Waals surface area contributed by atoms with Crippen LogP contribution in [0, 0.1) is 36.5 Å². The van der Waals surface area contributed by atoms with Gasteiger partial charge in [-0.3, -0.25) is 9.69 Å².